The summed E-state index contributed by atoms with van der Waals surface area (Å²) in [7, 11) is 0. The standard InChI is InChI=1S/C19H24N2/c1-2-7-18-15(4-1)13(10-20-18)11-21-19-9-12-8-17(19)16-6-3-5-14(12)16/h1-2,4,7,10,12,14,16-17,19-21H,3,5-6,8-9,11H2. The Labute approximate surface area is 126 Å². The van der Waals surface area contributed by atoms with Crippen molar-refractivity contribution in [3.63, 3.8) is 0 Å². The summed E-state index contributed by atoms with van der Waals surface area (Å²) in [5, 5.41) is 5.28. The fraction of sp³-hybridized carbons (Fsp3) is 0.579. The van der Waals surface area contributed by atoms with E-state index < -0.39 is 0 Å². The number of hydrogen-bond donors (Lipinski definition) is 2. The molecule has 0 amide bonds. The molecule has 3 fully saturated rings. The molecule has 5 unspecified atom stereocenters. The van der Waals surface area contributed by atoms with Crippen LogP contribution in [0.2, 0.25) is 0 Å². The van der Waals surface area contributed by atoms with Crippen molar-refractivity contribution in [1.29, 1.82) is 0 Å². The first-order valence-electron chi connectivity index (χ1n) is 8.68. The Morgan fingerprint density at radius 1 is 1.05 bits per heavy atom. The van der Waals surface area contributed by atoms with E-state index in [0.29, 0.717) is 0 Å². The van der Waals surface area contributed by atoms with Gasteiger partial charge in [-0.3, -0.25) is 0 Å². The third-order valence-electron chi connectivity index (χ3n) is 6.66. The quantitative estimate of drug-likeness (QED) is 0.871. The molecular formula is C19H24N2. The number of aromatic nitrogens is 1. The number of aromatic amines is 1. The van der Waals surface area contributed by atoms with Gasteiger partial charge in [-0.1, -0.05) is 24.6 Å². The molecule has 0 aliphatic heterocycles. The van der Waals surface area contributed by atoms with E-state index in [1.54, 1.807) is 0 Å². The number of fused-ring (bicyclic) bond motifs is 6. The molecule has 3 saturated carbocycles. The van der Waals surface area contributed by atoms with Gasteiger partial charge in [-0.25, -0.2) is 0 Å². The average molecular weight is 280 g/mol. The molecule has 5 atom stereocenters. The van der Waals surface area contributed by atoms with Gasteiger partial charge < -0.3 is 10.3 Å². The van der Waals surface area contributed by atoms with Crippen LogP contribution in [0.3, 0.4) is 0 Å². The smallest absolute Gasteiger partial charge is 0.0457 e. The zero-order valence-electron chi connectivity index (χ0n) is 12.5. The lowest BCUT2D eigenvalue weighted by molar-refractivity contribution is 0.208. The molecule has 2 N–H and O–H groups in total. The van der Waals surface area contributed by atoms with Gasteiger partial charge in [0.25, 0.3) is 0 Å². The van der Waals surface area contributed by atoms with Crippen molar-refractivity contribution in [3.05, 3.63) is 36.0 Å². The van der Waals surface area contributed by atoms with E-state index in [1.165, 1.54) is 48.6 Å². The van der Waals surface area contributed by atoms with Crippen LogP contribution in [-0.2, 0) is 6.54 Å². The normalized spacial score (nSPS) is 37.4. The lowest BCUT2D eigenvalue weighted by atomic mass is 9.79. The molecule has 2 aromatic rings. The molecule has 0 saturated heterocycles. The van der Waals surface area contributed by atoms with Gasteiger partial charge in [0.05, 0.1) is 0 Å². The number of rotatable bonds is 3. The maximum Gasteiger partial charge on any atom is 0.0457 e. The highest BCUT2D eigenvalue weighted by Gasteiger charge is 2.53. The highest BCUT2D eigenvalue weighted by Crippen LogP contribution is 2.58. The molecule has 2 heteroatoms. The van der Waals surface area contributed by atoms with Crippen LogP contribution in [0, 0.1) is 23.7 Å². The summed E-state index contributed by atoms with van der Waals surface area (Å²) in [5.41, 5.74) is 2.69. The molecule has 3 aliphatic carbocycles. The first kappa shape index (κ1) is 12.3. The van der Waals surface area contributed by atoms with E-state index in [1.807, 2.05) is 0 Å². The van der Waals surface area contributed by atoms with Gasteiger partial charge >= 0.3 is 0 Å². The van der Waals surface area contributed by atoms with Gasteiger partial charge in [-0.15, -0.1) is 0 Å². The predicted octanol–water partition coefficient (Wildman–Crippen LogP) is 4.08. The Morgan fingerprint density at radius 3 is 2.95 bits per heavy atom. The van der Waals surface area contributed by atoms with Gasteiger partial charge in [0.2, 0.25) is 0 Å². The van der Waals surface area contributed by atoms with E-state index >= 15 is 0 Å². The van der Waals surface area contributed by atoms with E-state index in [4.69, 9.17) is 0 Å². The van der Waals surface area contributed by atoms with E-state index in [2.05, 4.69) is 40.8 Å². The molecule has 0 spiro atoms. The zero-order chi connectivity index (χ0) is 13.8. The molecule has 3 aliphatic rings. The molecule has 21 heavy (non-hydrogen) atoms. The average Bonchev–Trinajstić information content (AvgIpc) is 3.25. The number of H-pyrrole nitrogens is 1. The van der Waals surface area contributed by atoms with Crippen LogP contribution >= 0.6 is 0 Å². The molecule has 5 rings (SSSR count). The highest BCUT2D eigenvalue weighted by molar-refractivity contribution is 5.82. The van der Waals surface area contributed by atoms with Crippen LogP contribution in [0.25, 0.3) is 10.9 Å². The summed E-state index contributed by atoms with van der Waals surface area (Å²) < 4.78 is 0. The summed E-state index contributed by atoms with van der Waals surface area (Å²) in [5.74, 6) is 4.18. The molecule has 0 radical (unpaired) electrons. The van der Waals surface area contributed by atoms with Crippen LogP contribution < -0.4 is 5.32 Å². The number of nitrogens with one attached hydrogen (secondary N) is 2. The molecule has 1 aromatic heterocycles. The van der Waals surface area contributed by atoms with Crippen LogP contribution in [0.1, 0.15) is 37.7 Å². The first-order chi connectivity index (χ1) is 10.4. The second-order valence-corrected chi connectivity index (χ2v) is 7.50. The Kier molecular flexibility index (Phi) is 2.69. The second-order valence-electron chi connectivity index (χ2n) is 7.50. The summed E-state index contributed by atoms with van der Waals surface area (Å²) in [6, 6.07) is 9.42. The third-order valence-corrected chi connectivity index (χ3v) is 6.66. The topological polar surface area (TPSA) is 27.8 Å². The summed E-state index contributed by atoms with van der Waals surface area (Å²) in [6.45, 7) is 1.02. The van der Waals surface area contributed by atoms with Gasteiger partial charge in [0.15, 0.2) is 0 Å². The van der Waals surface area contributed by atoms with Crippen LogP contribution in [-0.4, -0.2) is 11.0 Å². The molecule has 2 bridgehead atoms. The van der Waals surface area contributed by atoms with Crippen LogP contribution in [0.15, 0.2) is 30.5 Å². The van der Waals surface area contributed by atoms with E-state index in [9.17, 15) is 0 Å². The Morgan fingerprint density at radius 2 is 1.95 bits per heavy atom. The van der Waals surface area contributed by atoms with Gasteiger partial charge in [-0.05, 0) is 61.0 Å². The zero-order valence-corrected chi connectivity index (χ0v) is 12.5. The minimum Gasteiger partial charge on any atom is -0.361 e. The van der Waals surface area contributed by atoms with Crippen LogP contribution in [0.4, 0.5) is 0 Å². The van der Waals surface area contributed by atoms with Crippen molar-refractivity contribution in [1.82, 2.24) is 10.3 Å². The number of benzene rings is 1. The summed E-state index contributed by atoms with van der Waals surface area (Å²) in [4.78, 5) is 3.39. The molecule has 2 nitrogen and oxygen atoms in total. The van der Waals surface area contributed by atoms with E-state index in [0.717, 1.165) is 36.3 Å². The molecule has 1 heterocycles. The maximum atomic E-state index is 3.90. The minimum atomic E-state index is 0.781. The maximum absolute atomic E-state index is 3.90. The van der Waals surface area contributed by atoms with Crippen molar-refractivity contribution in [2.45, 2.75) is 44.7 Å². The largest absolute Gasteiger partial charge is 0.361 e. The number of hydrogen-bond acceptors (Lipinski definition) is 1. The van der Waals surface area contributed by atoms with Crippen molar-refractivity contribution in [3.8, 4) is 0 Å². The lowest BCUT2D eigenvalue weighted by Crippen LogP contribution is -2.38. The molecule has 1 aromatic carbocycles. The minimum absolute atomic E-state index is 0.781. The highest BCUT2D eigenvalue weighted by atomic mass is 14.9. The van der Waals surface area contributed by atoms with Crippen molar-refractivity contribution in [2.75, 3.05) is 0 Å². The van der Waals surface area contributed by atoms with Crippen molar-refractivity contribution < 1.29 is 0 Å². The fourth-order valence-corrected chi connectivity index (χ4v) is 5.82. The fourth-order valence-electron chi connectivity index (χ4n) is 5.82. The SMILES string of the molecule is c1ccc2c(CNC3CC4CC3C3CCCC43)c[nH]c2c1. The van der Waals surface area contributed by atoms with Crippen molar-refractivity contribution >= 4 is 10.9 Å². The summed E-state index contributed by atoms with van der Waals surface area (Å²) in [6.07, 6.45) is 9.67. The van der Waals surface area contributed by atoms with E-state index in [-0.39, 0.29) is 0 Å². The summed E-state index contributed by atoms with van der Waals surface area (Å²) >= 11 is 0. The predicted molar refractivity (Wildman–Crippen MR) is 86.0 cm³/mol. The van der Waals surface area contributed by atoms with Crippen LogP contribution in [0.5, 0.6) is 0 Å². The van der Waals surface area contributed by atoms with Crippen molar-refractivity contribution in [2.24, 2.45) is 23.7 Å². The number of para-hydroxylation sites is 1. The molecule has 110 valence electrons. The first-order valence-corrected chi connectivity index (χ1v) is 8.68. The Hall–Kier alpha value is -1.28. The Bertz CT molecular complexity index is 658. The second kappa shape index (κ2) is 4.61. The Balaban J connectivity index is 1.31. The van der Waals surface area contributed by atoms with Gasteiger partial charge in [-0.2, -0.15) is 0 Å². The van der Waals surface area contributed by atoms with Gasteiger partial charge in [0, 0.05) is 29.7 Å². The molecular weight excluding hydrogens is 256 g/mol. The third kappa shape index (κ3) is 1.81. The lowest BCUT2D eigenvalue weighted by Gasteiger charge is -2.32. The monoisotopic (exact) mass is 280 g/mol. The van der Waals surface area contributed by atoms with Gasteiger partial charge in [0.1, 0.15) is 0 Å².